The molecule has 8 heteroatoms. The van der Waals surface area contributed by atoms with Gasteiger partial charge in [-0.2, -0.15) is 0 Å². The third kappa shape index (κ3) is 3.74. The molecule has 1 aromatic carbocycles. The van der Waals surface area contributed by atoms with Crippen LogP contribution in [0.4, 0.5) is 21.7 Å². The van der Waals surface area contributed by atoms with E-state index in [1.807, 2.05) is 12.4 Å². The van der Waals surface area contributed by atoms with Crippen molar-refractivity contribution in [2.45, 2.75) is 19.1 Å². The van der Waals surface area contributed by atoms with Crippen LogP contribution in [0.25, 0.3) is 0 Å². The molecule has 150 valence electrons. The van der Waals surface area contributed by atoms with E-state index in [4.69, 9.17) is 4.74 Å². The highest BCUT2D eigenvalue weighted by Crippen LogP contribution is 2.25. The highest BCUT2D eigenvalue weighted by Gasteiger charge is 2.28. The van der Waals surface area contributed by atoms with Crippen LogP contribution in [-0.4, -0.2) is 67.6 Å². The van der Waals surface area contributed by atoms with E-state index in [1.165, 1.54) is 0 Å². The largest absolute Gasteiger partial charge is 0.392 e. The van der Waals surface area contributed by atoms with Gasteiger partial charge in [0.05, 0.1) is 36.5 Å². The van der Waals surface area contributed by atoms with Gasteiger partial charge in [-0.1, -0.05) is 12.1 Å². The van der Waals surface area contributed by atoms with Crippen molar-refractivity contribution in [2.24, 2.45) is 0 Å². The monoisotopic (exact) mass is 387 g/mol. The summed E-state index contributed by atoms with van der Waals surface area (Å²) < 4.78 is 19.9. The lowest BCUT2D eigenvalue weighted by molar-refractivity contribution is 0.0778. The van der Waals surface area contributed by atoms with Crippen LogP contribution in [0, 0.1) is 5.82 Å². The normalized spacial score (nSPS) is 18.2. The maximum atomic E-state index is 14.6. The quantitative estimate of drug-likeness (QED) is 0.837. The van der Waals surface area contributed by atoms with Crippen molar-refractivity contribution in [3.63, 3.8) is 0 Å². The van der Waals surface area contributed by atoms with Crippen LogP contribution < -0.4 is 14.7 Å². The molecule has 0 radical (unpaired) electrons. The molecule has 2 aliphatic heterocycles. The minimum atomic E-state index is -0.324. The van der Waals surface area contributed by atoms with Gasteiger partial charge >= 0.3 is 0 Å². The number of anilines is 3. The van der Waals surface area contributed by atoms with Crippen molar-refractivity contribution >= 4 is 17.3 Å². The Morgan fingerprint density at radius 3 is 2.50 bits per heavy atom. The number of nitrogens with zero attached hydrogens (tertiary/aromatic N) is 5. The van der Waals surface area contributed by atoms with Crippen LogP contribution in [0.5, 0.6) is 0 Å². The first-order valence-electron chi connectivity index (χ1n) is 9.67. The predicted molar refractivity (Wildman–Crippen MR) is 106 cm³/mol. The van der Waals surface area contributed by atoms with Gasteiger partial charge in [0, 0.05) is 51.9 Å². The lowest BCUT2D eigenvalue weighted by atomic mass is 10.1. The lowest BCUT2D eigenvalue weighted by Crippen LogP contribution is -2.52. The first-order valence-corrected chi connectivity index (χ1v) is 9.67. The second-order valence-electron chi connectivity index (χ2n) is 7.24. The van der Waals surface area contributed by atoms with Crippen LogP contribution in [-0.2, 0) is 11.3 Å². The molecule has 0 saturated carbocycles. The van der Waals surface area contributed by atoms with Crippen molar-refractivity contribution in [1.82, 2.24) is 9.97 Å². The van der Waals surface area contributed by atoms with Gasteiger partial charge in [-0.3, -0.25) is 0 Å². The van der Waals surface area contributed by atoms with Crippen molar-refractivity contribution in [3.8, 4) is 0 Å². The molecule has 7 nitrogen and oxygen atoms in total. The maximum Gasteiger partial charge on any atom is 0.225 e. The number of hydrogen-bond acceptors (Lipinski definition) is 7. The maximum absolute atomic E-state index is 14.6. The molecule has 3 heterocycles. The molecule has 0 aliphatic carbocycles. The van der Waals surface area contributed by atoms with Crippen LogP contribution >= 0.6 is 0 Å². The number of aromatic nitrogens is 2. The Kier molecular flexibility index (Phi) is 5.59. The molecule has 0 spiro atoms. The van der Waals surface area contributed by atoms with E-state index in [9.17, 15) is 9.50 Å². The molecule has 0 amide bonds. The smallest absolute Gasteiger partial charge is 0.225 e. The number of benzene rings is 1. The Morgan fingerprint density at radius 1 is 1.07 bits per heavy atom. The number of rotatable bonds is 5. The van der Waals surface area contributed by atoms with E-state index in [0.29, 0.717) is 17.8 Å². The predicted octanol–water partition coefficient (Wildman–Crippen LogP) is 1.66. The second kappa shape index (κ2) is 8.28. The third-order valence-corrected chi connectivity index (χ3v) is 5.52. The topological polar surface area (TPSA) is 65.0 Å². The number of methoxy groups -OCH3 is 1. The van der Waals surface area contributed by atoms with E-state index in [1.54, 1.807) is 25.3 Å². The van der Waals surface area contributed by atoms with Gasteiger partial charge in [0.2, 0.25) is 5.95 Å². The zero-order valence-corrected chi connectivity index (χ0v) is 16.1. The molecular formula is C20H26FN5O2. The molecule has 28 heavy (non-hydrogen) atoms. The molecule has 0 unspecified atom stereocenters. The average Bonchev–Trinajstić information content (AvgIpc) is 2.94. The first-order chi connectivity index (χ1) is 13.7. The fourth-order valence-corrected chi connectivity index (χ4v) is 3.74. The van der Waals surface area contributed by atoms with Gasteiger partial charge in [-0.25, -0.2) is 14.4 Å². The number of aliphatic hydroxyl groups is 1. The van der Waals surface area contributed by atoms with Gasteiger partial charge in [0.1, 0.15) is 0 Å². The molecule has 2 saturated heterocycles. The Hall–Kier alpha value is -2.45. The van der Waals surface area contributed by atoms with Crippen molar-refractivity contribution in [3.05, 3.63) is 42.0 Å². The lowest BCUT2D eigenvalue weighted by Gasteiger charge is -2.38. The van der Waals surface area contributed by atoms with Gasteiger partial charge in [0.25, 0.3) is 0 Å². The van der Waals surface area contributed by atoms with E-state index in [2.05, 4.69) is 24.7 Å². The molecule has 2 aromatic rings. The molecule has 4 rings (SSSR count). The summed E-state index contributed by atoms with van der Waals surface area (Å²) in [6.07, 6.45) is 4.91. The minimum absolute atomic E-state index is 0.268. The molecule has 2 aliphatic rings. The Labute approximate surface area is 164 Å². The molecule has 1 aromatic heterocycles. The number of hydrogen-bond donors (Lipinski definition) is 1. The van der Waals surface area contributed by atoms with Crippen LogP contribution in [0.15, 0.2) is 30.6 Å². The Balaban J connectivity index is 1.40. The van der Waals surface area contributed by atoms with Crippen LogP contribution in [0.1, 0.15) is 12.0 Å². The van der Waals surface area contributed by atoms with E-state index < -0.39 is 0 Å². The summed E-state index contributed by atoms with van der Waals surface area (Å²) in [6, 6.07) is 5.19. The number of aliphatic hydroxyl groups excluding tert-OH is 1. The Morgan fingerprint density at radius 2 is 1.79 bits per heavy atom. The van der Waals surface area contributed by atoms with E-state index >= 15 is 0 Å². The zero-order chi connectivity index (χ0) is 19.5. The zero-order valence-electron chi connectivity index (χ0n) is 16.1. The SMILES string of the molecule is COC1CN(c2ncc(N3CCCN(c4cccc(CO)c4F)CC3)cn2)C1. The summed E-state index contributed by atoms with van der Waals surface area (Å²) in [7, 11) is 1.72. The van der Waals surface area contributed by atoms with Gasteiger partial charge in [-0.05, 0) is 12.5 Å². The standard InChI is InChI=1S/C20H26FN5O2/c1-28-17-12-26(13-17)20-22-10-16(11-23-20)24-6-3-7-25(9-8-24)18-5-2-4-15(14-27)19(18)21/h2,4-5,10-11,17,27H,3,6-9,12-14H2,1H3. The summed E-state index contributed by atoms with van der Waals surface area (Å²) in [5, 5.41) is 9.31. The summed E-state index contributed by atoms with van der Waals surface area (Å²) in [4.78, 5) is 15.4. The molecule has 0 atom stereocenters. The van der Waals surface area contributed by atoms with Crippen LogP contribution in [0.2, 0.25) is 0 Å². The molecular weight excluding hydrogens is 361 g/mol. The van der Waals surface area contributed by atoms with Crippen molar-refractivity contribution in [2.75, 3.05) is 61.1 Å². The number of ether oxygens (including phenoxy) is 1. The summed E-state index contributed by atoms with van der Waals surface area (Å²) in [6.45, 7) is 4.48. The second-order valence-corrected chi connectivity index (χ2v) is 7.24. The minimum Gasteiger partial charge on any atom is -0.392 e. The van der Waals surface area contributed by atoms with Gasteiger partial charge < -0.3 is 24.5 Å². The summed E-state index contributed by atoms with van der Waals surface area (Å²) in [5.74, 6) is 0.409. The number of halogens is 1. The third-order valence-electron chi connectivity index (χ3n) is 5.52. The first kappa shape index (κ1) is 18.9. The molecule has 2 fully saturated rings. The summed E-state index contributed by atoms with van der Waals surface area (Å²) >= 11 is 0. The highest BCUT2D eigenvalue weighted by atomic mass is 19.1. The fraction of sp³-hybridized carbons (Fsp3) is 0.500. The van der Waals surface area contributed by atoms with Gasteiger partial charge in [-0.15, -0.1) is 0 Å². The summed E-state index contributed by atoms with van der Waals surface area (Å²) in [5.41, 5.74) is 1.88. The van der Waals surface area contributed by atoms with Crippen molar-refractivity contribution in [1.29, 1.82) is 0 Å². The highest BCUT2D eigenvalue weighted by molar-refractivity contribution is 5.52. The fourth-order valence-electron chi connectivity index (χ4n) is 3.74. The average molecular weight is 387 g/mol. The molecule has 0 bridgehead atoms. The molecule has 1 N–H and O–H groups in total. The van der Waals surface area contributed by atoms with Crippen LogP contribution in [0.3, 0.4) is 0 Å². The van der Waals surface area contributed by atoms with Gasteiger partial charge in [0.15, 0.2) is 5.82 Å². The Bertz CT molecular complexity index is 798. The van der Waals surface area contributed by atoms with Crippen molar-refractivity contribution < 1.29 is 14.2 Å². The van der Waals surface area contributed by atoms with E-state index in [0.717, 1.165) is 50.8 Å². The van der Waals surface area contributed by atoms with E-state index in [-0.39, 0.29) is 18.5 Å².